The fourth-order valence-corrected chi connectivity index (χ4v) is 3.14. The molecule has 1 saturated carbocycles. The Morgan fingerprint density at radius 2 is 2.05 bits per heavy atom. The summed E-state index contributed by atoms with van der Waals surface area (Å²) in [5.41, 5.74) is 4.35. The number of nitrogens with one attached hydrogen (secondary N) is 1. The maximum absolute atomic E-state index is 10.4. The molecule has 21 heavy (non-hydrogen) atoms. The monoisotopic (exact) mass is 281 g/mol. The van der Waals surface area contributed by atoms with Crippen LogP contribution in [0.2, 0.25) is 0 Å². The van der Waals surface area contributed by atoms with Crippen molar-refractivity contribution in [3.05, 3.63) is 53.0 Å². The number of fused-ring (bicyclic) bond motifs is 1. The van der Waals surface area contributed by atoms with E-state index in [-0.39, 0.29) is 6.04 Å². The van der Waals surface area contributed by atoms with Crippen LogP contribution in [0.25, 0.3) is 0 Å². The van der Waals surface area contributed by atoms with Crippen molar-refractivity contribution in [3.8, 4) is 0 Å². The first kappa shape index (κ1) is 12.8. The first-order chi connectivity index (χ1) is 10.2. The summed E-state index contributed by atoms with van der Waals surface area (Å²) in [6.07, 6.45) is 4.51. The van der Waals surface area contributed by atoms with Crippen LogP contribution in [-0.2, 0) is 6.42 Å². The van der Waals surface area contributed by atoms with Gasteiger partial charge in [-0.05, 0) is 30.9 Å². The lowest BCUT2D eigenvalue weighted by molar-refractivity contribution is 0.165. The van der Waals surface area contributed by atoms with E-state index < -0.39 is 6.10 Å². The number of nitrogens with zero attached hydrogens (tertiary/aromatic N) is 2. The van der Waals surface area contributed by atoms with Crippen LogP contribution in [0.5, 0.6) is 0 Å². The molecule has 108 valence electrons. The third kappa shape index (κ3) is 2.29. The van der Waals surface area contributed by atoms with Crippen molar-refractivity contribution in [1.29, 1.82) is 0 Å². The predicted octanol–water partition coefficient (Wildman–Crippen LogP) is 2.73. The van der Waals surface area contributed by atoms with Gasteiger partial charge in [-0.3, -0.25) is 4.98 Å². The van der Waals surface area contributed by atoms with E-state index in [1.54, 1.807) is 0 Å². The number of aliphatic hydroxyl groups is 1. The molecular formula is C17H19N3O. The average molecular weight is 281 g/mol. The van der Waals surface area contributed by atoms with Gasteiger partial charge in [-0.1, -0.05) is 24.3 Å². The summed E-state index contributed by atoms with van der Waals surface area (Å²) >= 11 is 0. The number of aromatic nitrogens is 2. The molecule has 1 fully saturated rings. The summed E-state index contributed by atoms with van der Waals surface area (Å²) in [5.74, 6) is 1.38. The standard InChI is InChI=1S/C17H19N3O/c1-10-9-18-15(11-6-7-11)17(19-10)20-16-13-5-3-2-4-12(13)8-14(16)21/h2-5,9,11,14,16,21H,6-8H2,1H3,(H,19,20)/t14-,16?/m0/s1. The highest BCUT2D eigenvalue weighted by Crippen LogP contribution is 2.43. The van der Waals surface area contributed by atoms with Gasteiger partial charge in [0.05, 0.1) is 23.5 Å². The number of aliphatic hydroxyl groups excluding tert-OH is 1. The lowest BCUT2D eigenvalue weighted by atomic mass is 10.1. The first-order valence-electron chi connectivity index (χ1n) is 7.58. The molecule has 2 atom stereocenters. The third-order valence-electron chi connectivity index (χ3n) is 4.38. The van der Waals surface area contributed by atoms with Crippen LogP contribution < -0.4 is 5.32 Å². The van der Waals surface area contributed by atoms with E-state index in [1.165, 1.54) is 24.0 Å². The molecule has 0 spiro atoms. The SMILES string of the molecule is Cc1cnc(C2CC2)c(NC2c3ccccc3C[C@@H]2O)n1. The van der Waals surface area contributed by atoms with Crippen LogP contribution in [0.3, 0.4) is 0 Å². The molecule has 0 aliphatic heterocycles. The zero-order valence-electron chi connectivity index (χ0n) is 12.1. The topological polar surface area (TPSA) is 58.0 Å². The van der Waals surface area contributed by atoms with Crippen molar-refractivity contribution >= 4 is 5.82 Å². The van der Waals surface area contributed by atoms with Gasteiger partial charge < -0.3 is 10.4 Å². The Labute approximate surface area is 124 Å². The number of rotatable bonds is 3. The molecule has 0 bridgehead atoms. The number of hydrogen-bond acceptors (Lipinski definition) is 4. The fraction of sp³-hybridized carbons (Fsp3) is 0.412. The van der Waals surface area contributed by atoms with Crippen molar-refractivity contribution < 1.29 is 5.11 Å². The van der Waals surface area contributed by atoms with Crippen LogP contribution in [-0.4, -0.2) is 21.2 Å². The third-order valence-corrected chi connectivity index (χ3v) is 4.38. The lowest BCUT2D eigenvalue weighted by Crippen LogP contribution is -2.22. The van der Waals surface area contributed by atoms with Gasteiger partial charge in [0.15, 0.2) is 0 Å². The molecule has 0 amide bonds. The van der Waals surface area contributed by atoms with Gasteiger partial charge in [0, 0.05) is 18.5 Å². The zero-order chi connectivity index (χ0) is 14.4. The Hall–Kier alpha value is -1.94. The molecule has 4 heteroatoms. The largest absolute Gasteiger partial charge is 0.390 e. The van der Waals surface area contributed by atoms with E-state index in [4.69, 9.17) is 0 Å². The summed E-state index contributed by atoms with van der Waals surface area (Å²) in [4.78, 5) is 9.18. The minimum atomic E-state index is -0.406. The van der Waals surface area contributed by atoms with E-state index in [9.17, 15) is 5.11 Å². The van der Waals surface area contributed by atoms with Crippen LogP contribution in [0, 0.1) is 6.92 Å². The summed E-state index contributed by atoms with van der Waals surface area (Å²) in [6.45, 7) is 1.95. The number of anilines is 1. The van der Waals surface area contributed by atoms with Crippen molar-refractivity contribution in [2.24, 2.45) is 0 Å². The molecule has 0 radical (unpaired) electrons. The van der Waals surface area contributed by atoms with E-state index in [0.717, 1.165) is 17.2 Å². The maximum atomic E-state index is 10.4. The molecule has 2 N–H and O–H groups in total. The Morgan fingerprint density at radius 3 is 2.86 bits per heavy atom. The summed E-state index contributed by atoms with van der Waals surface area (Å²) in [6, 6.07) is 8.13. The maximum Gasteiger partial charge on any atom is 0.148 e. The Bertz CT molecular complexity index is 681. The van der Waals surface area contributed by atoms with Gasteiger partial charge in [0.2, 0.25) is 0 Å². The Kier molecular flexibility index (Phi) is 2.93. The van der Waals surface area contributed by atoms with Gasteiger partial charge in [0.1, 0.15) is 5.82 Å². The molecule has 1 heterocycles. The molecule has 4 nitrogen and oxygen atoms in total. The van der Waals surface area contributed by atoms with Gasteiger partial charge in [-0.2, -0.15) is 0 Å². The number of aryl methyl sites for hydroxylation is 1. The Morgan fingerprint density at radius 1 is 1.24 bits per heavy atom. The first-order valence-corrected chi connectivity index (χ1v) is 7.58. The quantitative estimate of drug-likeness (QED) is 0.908. The highest BCUT2D eigenvalue weighted by atomic mass is 16.3. The van der Waals surface area contributed by atoms with Gasteiger partial charge in [-0.15, -0.1) is 0 Å². The highest BCUT2D eigenvalue weighted by Gasteiger charge is 2.34. The van der Waals surface area contributed by atoms with Crippen LogP contribution in [0.15, 0.2) is 30.5 Å². The second-order valence-electron chi connectivity index (χ2n) is 6.11. The summed E-state index contributed by atoms with van der Waals surface area (Å²) in [5, 5.41) is 13.8. The van der Waals surface area contributed by atoms with Gasteiger partial charge in [-0.25, -0.2) is 4.98 Å². The second-order valence-corrected chi connectivity index (χ2v) is 6.11. The fourth-order valence-electron chi connectivity index (χ4n) is 3.14. The van der Waals surface area contributed by atoms with E-state index >= 15 is 0 Å². The lowest BCUT2D eigenvalue weighted by Gasteiger charge is -2.20. The average Bonchev–Trinajstić information content (AvgIpc) is 3.26. The zero-order valence-corrected chi connectivity index (χ0v) is 12.1. The Balaban J connectivity index is 1.68. The van der Waals surface area contributed by atoms with E-state index in [1.807, 2.05) is 25.3 Å². The molecule has 4 rings (SSSR count). The van der Waals surface area contributed by atoms with Crippen molar-refractivity contribution in [3.63, 3.8) is 0 Å². The number of hydrogen-bond donors (Lipinski definition) is 2. The molecule has 1 aromatic heterocycles. The van der Waals surface area contributed by atoms with Crippen LogP contribution >= 0.6 is 0 Å². The van der Waals surface area contributed by atoms with E-state index in [2.05, 4.69) is 27.4 Å². The molecule has 2 aromatic rings. The minimum Gasteiger partial charge on any atom is -0.390 e. The van der Waals surface area contributed by atoms with E-state index in [0.29, 0.717) is 12.3 Å². The van der Waals surface area contributed by atoms with Crippen LogP contribution in [0.4, 0.5) is 5.82 Å². The molecule has 2 aliphatic carbocycles. The van der Waals surface area contributed by atoms with Crippen molar-refractivity contribution in [1.82, 2.24) is 9.97 Å². The van der Waals surface area contributed by atoms with Gasteiger partial charge in [0.25, 0.3) is 0 Å². The predicted molar refractivity (Wildman–Crippen MR) is 81.3 cm³/mol. The number of benzene rings is 1. The summed E-state index contributed by atoms with van der Waals surface area (Å²) in [7, 11) is 0. The molecule has 2 aliphatic rings. The second kappa shape index (κ2) is 4.81. The van der Waals surface area contributed by atoms with Crippen molar-refractivity contribution in [2.75, 3.05) is 5.32 Å². The molecule has 1 aromatic carbocycles. The molecule has 0 saturated heterocycles. The smallest absolute Gasteiger partial charge is 0.148 e. The summed E-state index contributed by atoms with van der Waals surface area (Å²) < 4.78 is 0. The van der Waals surface area contributed by atoms with Crippen molar-refractivity contribution in [2.45, 2.75) is 44.2 Å². The normalized spacial score (nSPS) is 23.9. The van der Waals surface area contributed by atoms with Gasteiger partial charge >= 0.3 is 0 Å². The molecule has 1 unspecified atom stereocenters. The van der Waals surface area contributed by atoms with Crippen LogP contribution in [0.1, 0.15) is 47.3 Å². The minimum absolute atomic E-state index is 0.0881. The molecular weight excluding hydrogens is 262 g/mol. The highest BCUT2D eigenvalue weighted by molar-refractivity contribution is 5.49.